The quantitative estimate of drug-likeness (QED) is 0.194. The number of carbonyl (C=O) groups is 4. The molecule has 0 aromatic rings. The van der Waals surface area contributed by atoms with E-state index < -0.39 is 41.6 Å². The molecule has 142 valence electrons. The monoisotopic (exact) mass is 366 g/mol. The molecule has 0 saturated carbocycles. The second-order valence-electron chi connectivity index (χ2n) is 5.65. The van der Waals surface area contributed by atoms with Crippen molar-refractivity contribution < 1.29 is 33.5 Å². The smallest absolute Gasteiger partial charge is 0.328 e. The molecular weight excluding hydrogens is 344 g/mol. The molecule has 11 nitrogen and oxygen atoms in total. The molecule has 0 rings (SSSR count). The minimum absolute atomic E-state index is 0.0290. The van der Waals surface area contributed by atoms with E-state index in [-0.39, 0.29) is 25.7 Å². The van der Waals surface area contributed by atoms with E-state index in [1.807, 2.05) is 0 Å². The van der Waals surface area contributed by atoms with E-state index in [1.54, 1.807) is 13.8 Å². The zero-order valence-electron chi connectivity index (χ0n) is 14.6. The zero-order chi connectivity index (χ0) is 20.1. The third-order valence-corrected chi connectivity index (χ3v) is 3.07. The molecule has 0 unspecified atom stereocenters. The average Bonchev–Trinajstić information content (AvgIpc) is 2.55. The molecular formula is C15H22N6O5. The van der Waals surface area contributed by atoms with Crippen LogP contribution in [0.4, 0.5) is 0 Å². The van der Waals surface area contributed by atoms with Gasteiger partial charge in [0.1, 0.15) is 6.04 Å². The number of rotatable bonds is 12. The van der Waals surface area contributed by atoms with Crippen molar-refractivity contribution >= 4 is 35.9 Å². The van der Waals surface area contributed by atoms with Gasteiger partial charge < -0.3 is 26.8 Å². The van der Waals surface area contributed by atoms with Crippen molar-refractivity contribution in [3.8, 4) is 0 Å². The van der Waals surface area contributed by atoms with E-state index >= 15 is 0 Å². The molecule has 0 saturated heterocycles. The number of Topliss-reactive ketones (excluding diaryl/α,β-unsaturated/α-hetero) is 2. The lowest BCUT2D eigenvalue weighted by Crippen LogP contribution is -2.49. The van der Waals surface area contributed by atoms with Crippen molar-refractivity contribution in [1.82, 2.24) is 5.32 Å². The second kappa shape index (κ2) is 12.4. The lowest BCUT2D eigenvalue weighted by molar-refractivity contribution is -0.151. The third kappa shape index (κ3) is 9.99. The predicted octanol–water partition coefficient (Wildman–Crippen LogP) is -0.950. The van der Waals surface area contributed by atoms with Gasteiger partial charge in [-0.3, -0.25) is 14.4 Å². The van der Waals surface area contributed by atoms with Crippen molar-refractivity contribution in [2.45, 2.75) is 57.7 Å². The van der Waals surface area contributed by atoms with Crippen molar-refractivity contribution in [2.75, 3.05) is 0 Å². The van der Waals surface area contributed by atoms with Crippen molar-refractivity contribution in [1.29, 1.82) is 0 Å². The highest BCUT2D eigenvalue weighted by atomic mass is 16.5. The summed E-state index contributed by atoms with van der Waals surface area (Å²) < 4.78 is 5.03. The average molecular weight is 366 g/mol. The Balaban J connectivity index is 4.85. The first-order valence-corrected chi connectivity index (χ1v) is 7.88. The van der Waals surface area contributed by atoms with Crippen molar-refractivity contribution in [2.24, 2.45) is 5.73 Å². The van der Waals surface area contributed by atoms with E-state index in [1.165, 1.54) is 0 Å². The number of esters is 1. The molecule has 0 aliphatic carbocycles. The van der Waals surface area contributed by atoms with Crippen LogP contribution < -0.4 is 11.1 Å². The highest BCUT2D eigenvalue weighted by Gasteiger charge is 2.26. The van der Waals surface area contributed by atoms with Crippen LogP contribution in [0.25, 0.3) is 11.1 Å². The van der Waals surface area contributed by atoms with Gasteiger partial charge in [0.2, 0.25) is 17.5 Å². The number of carbonyl (C=O) groups excluding carboxylic acids is 4. The maximum Gasteiger partial charge on any atom is 0.328 e. The molecule has 0 spiro atoms. The number of hydrogen-bond acceptors (Lipinski definition) is 6. The van der Waals surface area contributed by atoms with E-state index in [2.05, 4.69) is 14.9 Å². The molecule has 0 bridgehead atoms. The maximum absolute atomic E-state index is 12.1. The Morgan fingerprint density at radius 1 is 1.04 bits per heavy atom. The van der Waals surface area contributed by atoms with Crippen LogP contribution >= 0.6 is 0 Å². The maximum atomic E-state index is 12.1. The standard InChI is InChI=1S/C15H22N6O5/c1-9(2)26-15(25)13(6-4-11(23)8-20-18)21-14(24)12(16)5-3-10(22)7-19-17/h7-9,12-13H,3-6,16H2,1-2H3,(H,21,24)/t12-,13-/m0/s1. The second-order valence-corrected chi connectivity index (χ2v) is 5.65. The van der Waals surface area contributed by atoms with Crippen LogP contribution in [-0.4, -0.2) is 63.6 Å². The molecule has 0 aromatic heterocycles. The van der Waals surface area contributed by atoms with Crippen LogP contribution in [0, 0.1) is 0 Å². The van der Waals surface area contributed by atoms with Gasteiger partial charge in [0.05, 0.1) is 12.1 Å². The van der Waals surface area contributed by atoms with Gasteiger partial charge in [-0.1, -0.05) is 0 Å². The molecule has 0 aliphatic rings. The van der Waals surface area contributed by atoms with Crippen LogP contribution in [0.15, 0.2) is 0 Å². The number of amides is 1. The SMILES string of the molecule is CC(C)OC(=O)[C@H](CCC(=O)C=[N+]=[N-])NC(=O)[C@@H](N)CCC(=O)C=[N+]=[N-]. The molecule has 3 N–H and O–H groups in total. The first-order chi connectivity index (χ1) is 12.2. The number of nitrogens with zero attached hydrogens (tertiary/aromatic N) is 4. The lowest BCUT2D eigenvalue weighted by atomic mass is 10.1. The van der Waals surface area contributed by atoms with Crippen molar-refractivity contribution in [3.63, 3.8) is 0 Å². The molecule has 0 aromatic carbocycles. The Bertz CT molecular complexity index is 634. The molecule has 0 aliphatic heterocycles. The van der Waals surface area contributed by atoms with Gasteiger partial charge in [-0.15, -0.1) is 0 Å². The van der Waals surface area contributed by atoms with Gasteiger partial charge in [-0.25, -0.2) is 4.79 Å². The minimum atomic E-state index is -1.12. The van der Waals surface area contributed by atoms with E-state index in [0.29, 0.717) is 12.4 Å². The summed E-state index contributed by atoms with van der Waals surface area (Å²) in [7, 11) is 0. The van der Waals surface area contributed by atoms with E-state index in [0.717, 1.165) is 0 Å². The number of nitrogens with two attached hydrogens (primary N) is 1. The molecule has 0 fully saturated rings. The summed E-state index contributed by atoms with van der Waals surface area (Å²) in [5.74, 6) is -2.49. The minimum Gasteiger partial charge on any atom is -0.461 e. The van der Waals surface area contributed by atoms with Crippen LogP contribution in [-0.2, 0) is 23.9 Å². The fraction of sp³-hybridized carbons (Fsp3) is 0.600. The Labute approximate surface area is 150 Å². The Morgan fingerprint density at radius 2 is 1.54 bits per heavy atom. The number of ketones is 2. The highest BCUT2D eigenvalue weighted by Crippen LogP contribution is 2.05. The van der Waals surface area contributed by atoms with Gasteiger partial charge in [-0.05, 0) is 26.7 Å². The number of nitrogens with one attached hydrogen (secondary N) is 1. The molecule has 11 heteroatoms. The number of ether oxygens (including phenoxy) is 1. The zero-order valence-corrected chi connectivity index (χ0v) is 14.6. The van der Waals surface area contributed by atoms with Crippen LogP contribution in [0.5, 0.6) is 0 Å². The molecule has 0 heterocycles. The largest absolute Gasteiger partial charge is 0.461 e. The van der Waals surface area contributed by atoms with Crippen LogP contribution in [0.3, 0.4) is 0 Å². The van der Waals surface area contributed by atoms with Gasteiger partial charge in [0.15, 0.2) is 0 Å². The van der Waals surface area contributed by atoms with Crippen LogP contribution in [0.1, 0.15) is 39.5 Å². The molecule has 1 amide bonds. The summed E-state index contributed by atoms with van der Waals surface area (Å²) >= 11 is 0. The van der Waals surface area contributed by atoms with E-state index in [9.17, 15) is 19.2 Å². The first-order valence-electron chi connectivity index (χ1n) is 7.88. The van der Waals surface area contributed by atoms with Gasteiger partial charge in [0, 0.05) is 12.8 Å². The van der Waals surface area contributed by atoms with Crippen molar-refractivity contribution in [3.05, 3.63) is 11.1 Å². The Morgan fingerprint density at radius 3 is 2.00 bits per heavy atom. The summed E-state index contributed by atoms with van der Waals surface area (Å²) in [6.45, 7) is 3.25. The fourth-order valence-electron chi connectivity index (χ4n) is 1.82. The summed E-state index contributed by atoms with van der Waals surface area (Å²) in [4.78, 5) is 51.9. The van der Waals surface area contributed by atoms with Gasteiger partial charge in [0.25, 0.3) is 0 Å². The Kier molecular flexibility index (Phi) is 10.9. The summed E-state index contributed by atoms with van der Waals surface area (Å²) in [6, 6.07) is -2.21. The lowest BCUT2D eigenvalue weighted by Gasteiger charge is -2.20. The Hall–Kier alpha value is -3.00. The topological polar surface area (TPSA) is 188 Å². The number of hydrogen-bond donors (Lipinski definition) is 2. The molecule has 2 atom stereocenters. The third-order valence-electron chi connectivity index (χ3n) is 3.07. The summed E-state index contributed by atoms with van der Waals surface area (Å²) in [6.07, 6.45) is 0.562. The normalized spacial score (nSPS) is 12.2. The summed E-state index contributed by atoms with van der Waals surface area (Å²) in [5, 5.41) is 2.38. The molecule has 26 heavy (non-hydrogen) atoms. The first kappa shape index (κ1) is 23.0. The van der Waals surface area contributed by atoms with E-state index in [4.69, 9.17) is 21.5 Å². The van der Waals surface area contributed by atoms with Gasteiger partial charge in [-0.2, -0.15) is 9.58 Å². The molecule has 0 radical (unpaired) electrons. The highest BCUT2D eigenvalue weighted by molar-refractivity contribution is 6.25. The van der Waals surface area contributed by atoms with Crippen LogP contribution in [0.2, 0.25) is 0 Å². The predicted molar refractivity (Wildman–Crippen MR) is 89.0 cm³/mol. The fourth-order valence-corrected chi connectivity index (χ4v) is 1.82. The van der Waals surface area contributed by atoms with Gasteiger partial charge >= 0.3 is 18.4 Å². The summed E-state index contributed by atoms with van der Waals surface area (Å²) in [5.41, 5.74) is 22.2.